The van der Waals surface area contributed by atoms with Crippen molar-refractivity contribution in [1.29, 1.82) is 0 Å². The number of hydrogen-bond acceptors (Lipinski definition) is 2. The third kappa shape index (κ3) is 1.87. The van der Waals surface area contributed by atoms with E-state index >= 15 is 0 Å². The summed E-state index contributed by atoms with van der Waals surface area (Å²) in [5.74, 6) is 0.548. The van der Waals surface area contributed by atoms with Crippen LogP contribution in [0.3, 0.4) is 0 Å². The highest BCUT2D eigenvalue weighted by atomic mass is 16.3. The molecule has 2 rings (SSSR count). The zero-order valence-corrected chi connectivity index (χ0v) is 8.64. The van der Waals surface area contributed by atoms with E-state index < -0.39 is 0 Å². The second kappa shape index (κ2) is 3.58. The van der Waals surface area contributed by atoms with Gasteiger partial charge in [-0.2, -0.15) is 0 Å². The van der Waals surface area contributed by atoms with Crippen LogP contribution in [-0.4, -0.2) is 20.8 Å². The first-order valence-corrected chi connectivity index (χ1v) is 5.02. The standard InChI is InChI=1S/C11H16N2O/c1-8-3-9(5-10(14)4-8)11-6-13(2)7-12-11/h5-8,10,14H,3-4H2,1-2H3. The van der Waals surface area contributed by atoms with Gasteiger partial charge in [0.25, 0.3) is 0 Å². The van der Waals surface area contributed by atoms with E-state index in [0.717, 1.165) is 18.5 Å². The van der Waals surface area contributed by atoms with Gasteiger partial charge < -0.3 is 9.67 Å². The lowest BCUT2D eigenvalue weighted by atomic mass is 9.87. The number of hydrogen-bond donors (Lipinski definition) is 1. The molecule has 2 unspecified atom stereocenters. The SMILES string of the molecule is CC1CC(c2cn(C)cn2)=CC(O)C1. The van der Waals surface area contributed by atoms with Crippen molar-refractivity contribution >= 4 is 5.57 Å². The van der Waals surface area contributed by atoms with E-state index in [1.54, 1.807) is 6.33 Å². The zero-order valence-electron chi connectivity index (χ0n) is 8.64. The normalized spacial score (nSPS) is 27.5. The van der Waals surface area contributed by atoms with Gasteiger partial charge in [-0.05, 0) is 24.3 Å². The van der Waals surface area contributed by atoms with Crippen molar-refractivity contribution in [2.24, 2.45) is 13.0 Å². The van der Waals surface area contributed by atoms with E-state index in [2.05, 4.69) is 11.9 Å². The molecule has 2 atom stereocenters. The van der Waals surface area contributed by atoms with Crippen LogP contribution in [-0.2, 0) is 7.05 Å². The second-order valence-electron chi connectivity index (χ2n) is 4.23. The Morgan fingerprint density at radius 1 is 1.57 bits per heavy atom. The van der Waals surface area contributed by atoms with Crippen molar-refractivity contribution in [3.63, 3.8) is 0 Å². The van der Waals surface area contributed by atoms with Crippen LogP contribution in [0.25, 0.3) is 5.57 Å². The molecule has 3 heteroatoms. The van der Waals surface area contributed by atoms with Crippen LogP contribution in [0.1, 0.15) is 25.5 Å². The van der Waals surface area contributed by atoms with Crippen molar-refractivity contribution in [3.8, 4) is 0 Å². The van der Waals surface area contributed by atoms with Crippen LogP contribution >= 0.6 is 0 Å². The van der Waals surface area contributed by atoms with Crippen molar-refractivity contribution in [2.75, 3.05) is 0 Å². The Morgan fingerprint density at radius 2 is 2.36 bits per heavy atom. The first-order chi connectivity index (χ1) is 6.65. The molecule has 1 aromatic rings. The minimum Gasteiger partial charge on any atom is -0.389 e. The largest absolute Gasteiger partial charge is 0.389 e. The predicted octanol–water partition coefficient (Wildman–Crippen LogP) is 1.59. The summed E-state index contributed by atoms with van der Waals surface area (Å²) >= 11 is 0. The average molecular weight is 192 g/mol. The van der Waals surface area contributed by atoms with E-state index in [1.807, 2.05) is 23.9 Å². The Balaban J connectivity index is 2.25. The summed E-state index contributed by atoms with van der Waals surface area (Å²) in [5, 5.41) is 9.61. The predicted molar refractivity (Wildman–Crippen MR) is 55.6 cm³/mol. The summed E-state index contributed by atoms with van der Waals surface area (Å²) in [6.45, 7) is 2.17. The van der Waals surface area contributed by atoms with Gasteiger partial charge in [0.1, 0.15) is 0 Å². The number of aromatic nitrogens is 2. The first-order valence-electron chi connectivity index (χ1n) is 5.02. The first kappa shape index (κ1) is 9.46. The van der Waals surface area contributed by atoms with Gasteiger partial charge in [0.15, 0.2) is 0 Å². The Morgan fingerprint density at radius 3 is 2.93 bits per heavy atom. The molecule has 1 aliphatic carbocycles. The van der Waals surface area contributed by atoms with Gasteiger partial charge in [-0.3, -0.25) is 0 Å². The van der Waals surface area contributed by atoms with Gasteiger partial charge in [-0.1, -0.05) is 13.0 Å². The monoisotopic (exact) mass is 192 g/mol. The fourth-order valence-electron chi connectivity index (χ4n) is 2.01. The van der Waals surface area contributed by atoms with Gasteiger partial charge >= 0.3 is 0 Å². The molecule has 0 radical (unpaired) electrons. The molecule has 1 N–H and O–H groups in total. The molecular weight excluding hydrogens is 176 g/mol. The molecule has 0 saturated heterocycles. The fraction of sp³-hybridized carbons (Fsp3) is 0.545. The second-order valence-corrected chi connectivity index (χ2v) is 4.23. The number of aliphatic hydroxyl groups excluding tert-OH is 1. The molecule has 14 heavy (non-hydrogen) atoms. The zero-order chi connectivity index (χ0) is 10.1. The molecule has 1 aromatic heterocycles. The summed E-state index contributed by atoms with van der Waals surface area (Å²) in [6.07, 6.45) is 7.32. The Hall–Kier alpha value is -1.09. The highest BCUT2D eigenvalue weighted by Crippen LogP contribution is 2.29. The Kier molecular flexibility index (Phi) is 2.42. The topological polar surface area (TPSA) is 38.0 Å². The third-order valence-corrected chi connectivity index (χ3v) is 2.64. The lowest BCUT2D eigenvalue weighted by molar-refractivity contribution is 0.185. The quantitative estimate of drug-likeness (QED) is 0.733. The summed E-state index contributed by atoms with van der Waals surface area (Å²) in [7, 11) is 1.96. The molecule has 0 bridgehead atoms. The lowest BCUT2D eigenvalue weighted by Gasteiger charge is -2.21. The number of imidazole rings is 1. The van der Waals surface area contributed by atoms with Crippen molar-refractivity contribution in [3.05, 3.63) is 24.3 Å². The molecule has 1 aliphatic rings. The minimum absolute atomic E-state index is 0.296. The van der Waals surface area contributed by atoms with Crippen molar-refractivity contribution in [2.45, 2.75) is 25.9 Å². The number of rotatable bonds is 1. The molecule has 3 nitrogen and oxygen atoms in total. The fourth-order valence-corrected chi connectivity index (χ4v) is 2.01. The van der Waals surface area contributed by atoms with E-state index in [0.29, 0.717) is 5.92 Å². The van der Waals surface area contributed by atoms with E-state index in [9.17, 15) is 5.11 Å². The van der Waals surface area contributed by atoms with Gasteiger partial charge in [-0.25, -0.2) is 4.98 Å². The molecule has 0 amide bonds. The molecule has 0 saturated carbocycles. The molecule has 0 aromatic carbocycles. The molecule has 0 aliphatic heterocycles. The summed E-state index contributed by atoms with van der Waals surface area (Å²) in [4.78, 5) is 4.29. The maximum atomic E-state index is 9.61. The van der Waals surface area contributed by atoms with E-state index in [-0.39, 0.29) is 6.10 Å². The van der Waals surface area contributed by atoms with Crippen LogP contribution in [0.4, 0.5) is 0 Å². The van der Waals surface area contributed by atoms with Crippen molar-refractivity contribution in [1.82, 2.24) is 9.55 Å². The Labute approximate surface area is 84.1 Å². The van der Waals surface area contributed by atoms with Crippen LogP contribution in [0.2, 0.25) is 0 Å². The molecule has 0 fully saturated rings. The number of aryl methyl sites for hydroxylation is 1. The van der Waals surface area contributed by atoms with Crippen LogP contribution < -0.4 is 0 Å². The number of aliphatic hydroxyl groups is 1. The van der Waals surface area contributed by atoms with E-state index in [1.165, 1.54) is 5.57 Å². The maximum Gasteiger partial charge on any atom is 0.0951 e. The van der Waals surface area contributed by atoms with Gasteiger partial charge in [-0.15, -0.1) is 0 Å². The third-order valence-electron chi connectivity index (χ3n) is 2.64. The maximum absolute atomic E-state index is 9.61. The summed E-state index contributed by atoms with van der Waals surface area (Å²) < 4.78 is 1.93. The van der Waals surface area contributed by atoms with Crippen LogP contribution in [0, 0.1) is 5.92 Å². The number of nitrogens with zero attached hydrogens (tertiary/aromatic N) is 2. The van der Waals surface area contributed by atoms with Crippen LogP contribution in [0.5, 0.6) is 0 Å². The summed E-state index contributed by atoms with van der Waals surface area (Å²) in [6, 6.07) is 0. The minimum atomic E-state index is -0.296. The average Bonchev–Trinajstić information content (AvgIpc) is 2.50. The van der Waals surface area contributed by atoms with Crippen LogP contribution in [0.15, 0.2) is 18.6 Å². The van der Waals surface area contributed by atoms with Gasteiger partial charge in [0, 0.05) is 13.2 Å². The van der Waals surface area contributed by atoms with Gasteiger partial charge in [0.2, 0.25) is 0 Å². The lowest BCUT2D eigenvalue weighted by Crippen LogP contribution is -2.15. The molecule has 1 heterocycles. The Bertz CT molecular complexity index is 354. The van der Waals surface area contributed by atoms with E-state index in [4.69, 9.17) is 0 Å². The van der Waals surface area contributed by atoms with Crippen molar-refractivity contribution < 1.29 is 5.11 Å². The highest BCUT2D eigenvalue weighted by Gasteiger charge is 2.19. The van der Waals surface area contributed by atoms with Gasteiger partial charge in [0.05, 0.1) is 18.1 Å². The highest BCUT2D eigenvalue weighted by molar-refractivity contribution is 5.63. The number of allylic oxidation sites excluding steroid dienone is 1. The molecular formula is C11H16N2O. The molecule has 76 valence electrons. The summed E-state index contributed by atoms with van der Waals surface area (Å²) in [5.41, 5.74) is 2.18. The molecule has 0 spiro atoms. The smallest absolute Gasteiger partial charge is 0.0951 e.